The Kier molecular flexibility index (Phi) is 6.26. The Morgan fingerprint density at radius 2 is 2.14 bits per heavy atom. The number of H-pyrrole nitrogens is 1. The Bertz CT molecular complexity index is 802. The predicted octanol–water partition coefficient (Wildman–Crippen LogP) is 1.59. The molecule has 118 valence electrons. The molecular weight excluding hydrogens is 409 g/mol. The monoisotopic (exact) mass is 419 g/mol. The molecule has 0 spiro atoms. The highest BCUT2D eigenvalue weighted by molar-refractivity contribution is 9.10. The fraction of sp³-hybridized carbons (Fsp3) is 0.300. The van der Waals surface area contributed by atoms with E-state index >= 15 is 0 Å². The topological polar surface area (TPSA) is 118 Å². The Morgan fingerprint density at radius 3 is 2.76 bits per heavy atom. The zero-order valence-corrected chi connectivity index (χ0v) is 14.5. The van der Waals surface area contributed by atoms with Crippen LogP contribution in [0, 0.1) is 0 Å². The number of aromatic nitrogens is 1. The number of aromatic amines is 1. The van der Waals surface area contributed by atoms with Crippen molar-refractivity contribution in [3.8, 4) is 0 Å². The van der Waals surface area contributed by atoms with Gasteiger partial charge in [-0.3, -0.25) is 4.98 Å². The van der Waals surface area contributed by atoms with Gasteiger partial charge < -0.3 is 10.2 Å². The van der Waals surface area contributed by atoms with Crippen molar-refractivity contribution in [2.75, 3.05) is 13.1 Å². The van der Waals surface area contributed by atoms with Crippen molar-refractivity contribution in [3.63, 3.8) is 0 Å². The average molecular weight is 421 g/mol. The standard InChI is InChI=1S/C10H11BrClN3O4S.ClH/c11-5-4-6-8(19-10(16)15-6)7(12)9(5)20(17,18)14-3-1-2-13;/h4,14H,1-3,13H2,(H,15,16);1H. The van der Waals surface area contributed by atoms with Crippen molar-refractivity contribution in [3.05, 3.63) is 26.1 Å². The number of nitrogens with two attached hydrogens (primary N) is 1. The van der Waals surface area contributed by atoms with Gasteiger partial charge in [0.2, 0.25) is 10.0 Å². The Labute approximate surface area is 139 Å². The minimum Gasteiger partial charge on any atom is -0.406 e. The number of hydrogen-bond donors (Lipinski definition) is 3. The van der Waals surface area contributed by atoms with Crippen LogP contribution in [-0.4, -0.2) is 26.5 Å². The lowest BCUT2D eigenvalue weighted by Gasteiger charge is -2.09. The molecule has 0 unspecified atom stereocenters. The average Bonchev–Trinajstić information content (AvgIpc) is 2.69. The summed E-state index contributed by atoms with van der Waals surface area (Å²) in [5.41, 5.74) is 5.62. The summed E-state index contributed by atoms with van der Waals surface area (Å²) in [5, 5.41) is -0.159. The van der Waals surface area contributed by atoms with E-state index in [9.17, 15) is 13.2 Å². The van der Waals surface area contributed by atoms with E-state index in [4.69, 9.17) is 21.8 Å². The second kappa shape index (κ2) is 7.12. The van der Waals surface area contributed by atoms with Gasteiger partial charge in [0.05, 0.1) is 5.52 Å². The van der Waals surface area contributed by atoms with E-state index in [0.29, 0.717) is 18.5 Å². The molecule has 4 N–H and O–H groups in total. The van der Waals surface area contributed by atoms with E-state index in [1.54, 1.807) is 0 Å². The van der Waals surface area contributed by atoms with Gasteiger partial charge in [-0.15, -0.1) is 12.4 Å². The third-order valence-electron chi connectivity index (χ3n) is 2.50. The van der Waals surface area contributed by atoms with E-state index in [0.717, 1.165) is 0 Å². The van der Waals surface area contributed by atoms with Crippen molar-refractivity contribution < 1.29 is 12.8 Å². The molecule has 0 saturated carbocycles. The number of sulfonamides is 1. The molecule has 0 saturated heterocycles. The second-order valence-electron chi connectivity index (χ2n) is 3.93. The van der Waals surface area contributed by atoms with Gasteiger partial charge in [0, 0.05) is 11.0 Å². The third-order valence-corrected chi connectivity index (χ3v) is 5.41. The molecule has 0 aliphatic carbocycles. The smallest absolute Gasteiger partial charge is 0.406 e. The SMILES string of the molecule is Cl.NCCCNS(=O)(=O)c1c(Br)cc2[nH]c(=O)oc2c1Cl. The number of fused-ring (bicyclic) bond motifs is 1. The van der Waals surface area contributed by atoms with Crippen LogP contribution in [-0.2, 0) is 10.0 Å². The molecule has 0 atom stereocenters. The van der Waals surface area contributed by atoms with E-state index in [2.05, 4.69) is 25.6 Å². The summed E-state index contributed by atoms with van der Waals surface area (Å²) < 4.78 is 31.9. The zero-order chi connectivity index (χ0) is 14.9. The lowest BCUT2D eigenvalue weighted by Crippen LogP contribution is -2.26. The molecule has 2 aromatic rings. The van der Waals surface area contributed by atoms with Gasteiger partial charge in [-0.25, -0.2) is 17.9 Å². The van der Waals surface area contributed by atoms with Crippen LogP contribution in [0.5, 0.6) is 0 Å². The van der Waals surface area contributed by atoms with Crippen LogP contribution in [0.3, 0.4) is 0 Å². The summed E-state index contributed by atoms with van der Waals surface area (Å²) in [4.78, 5) is 13.4. The molecule has 1 aromatic carbocycles. The van der Waals surface area contributed by atoms with Gasteiger partial charge in [-0.1, -0.05) is 11.6 Å². The highest BCUT2D eigenvalue weighted by Crippen LogP contribution is 2.35. The number of benzene rings is 1. The predicted molar refractivity (Wildman–Crippen MR) is 85.7 cm³/mol. The van der Waals surface area contributed by atoms with Crippen molar-refractivity contribution in [2.45, 2.75) is 11.3 Å². The maximum Gasteiger partial charge on any atom is 0.417 e. The number of hydrogen-bond acceptors (Lipinski definition) is 5. The summed E-state index contributed by atoms with van der Waals surface area (Å²) >= 11 is 9.16. The van der Waals surface area contributed by atoms with Crippen LogP contribution in [0.15, 0.2) is 24.6 Å². The number of nitrogens with one attached hydrogen (secondary N) is 2. The van der Waals surface area contributed by atoms with E-state index in [-0.39, 0.29) is 38.9 Å². The maximum atomic E-state index is 12.2. The van der Waals surface area contributed by atoms with Gasteiger partial charge in [-0.2, -0.15) is 0 Å². The Hall–Kier alpha value is -0.580. The van der Waals surface area contributed by atoms with Gasteiger partial charge in [0.1, 0.15) is 9.92 Å². The first kappa shape index (κ1) is 18.5. The van der Waals surface area contributed by atoms with Crippen molar-refractivity contribution >= 4 is 61.1 Å². The summed E-state index contributed by atoms with van der Waals surface area (Å²) in [7, 11) is -3.84. The largest absolute Gasteiger partial charge is 0.417 e. The van der Waals surface area contributed by atoms with E-state index < -0.39 is 15.8 Å². The van der Waals surface area contributed by atoms with Crippen molar-refractivity contribution in [1.82, 2.24) is 9.71 Å². The molecule has 11 heteroatoms. The Morgan fingerprint density at radius 1 is 1.48 bits per heavy atom. The minimum absolute atomic E-state index is 0. The van der Waals surface area contributed by atoms with Crippen LogP contribution in [0.2, 0.25) is 5.02 Å². The summed E-state index contributed by atoms with van der Waals surface area (Å²) in [6.07, 6.45) is 0.496. The van der Waals surface area contributed by atoms with Crippen LogP contribution < -0.4 is 16.2 Å². The normalized spacial score (nSPS) is 11.6. The van der Waals surface area contributed by atoms with Crippen LogP contribution in [0.1, 0.15) is 6.42 Å². The molecule has 0 radical (unpaired) electrons. The zero-order valence-electron chi connectivity index (χ0n) is 10.5. The fourth-order valence-corrected chi connectivity index (χ4v) is 4.56. The lowest BCUT2D eigenvalue weighted by atomic mass is 10.3. The molecule has 0 amide bonds. The fourth-order valence-electron chi connectivity index (χ4n) is 1.63. The molecule has 2 rings (SSSR count). The van der Waals surface area contributed by atoms with Gasteiger partial charge in [-0.05, 0) is 35.0 Å². The quantitative estimate of drug-likeness (QED) is 0.634. The lowest BCUT2D eigenvalue weighted by molar-refractivity contribution is 0.553. The molecular formula is C10H12BrCl2N3O4S. The number of halogens is 3. The van der Waals surface area contributed by atoms with Crippen molar-refractivity contribution in [2.24, 2.45) is 5.73 Å². The second-order valence-corrected chi connectivity index (χ2v) is 6.87. The van der Waals surface area contributed by atoms with Crippen LogP contribution >= 0.6 is 39.9 Å². The van der Waals surface area contributed by atoms with Crippen LogP contribution in [0.4, 0.5) is 0 Å². The first-order valence-corrected chi connectivity index (χ1v) is 8.23. The Balaban J connectivity index is 0.00000220. The van der Waals surface area contributed by atoms with Crippen molar-refractivity contribution in [1.29, 1.82) is 0 Å². The summed E-state index contributed by atoms with van der Waals surface area (Å²) in [6, 6.07) is 1.42. The van der Waals surface area contributed by atoms with Crippen LogP contribution in [0.25, 0.3) is 11.1 Å². The minimum atomic E-state index is -3.84. The molecule has 0 aliphatic heterocycles. The van der Waals surface area contributed by atoms with Gasteiger partial charge in [0.25, 0.3) is 0 Å². The van der Waals surface area contributed by atoms with Gasteiger partial charge >= 0.3 is 5.76 Å². The van der Waals surface area contributed by atoms with E-state index in [1.807, 2.05) is 0 Å². The highest BCUT2D eigenvalue weighted by atomic mass is 79.9. The first-order valence-electron chi connectivity index (χ1n) is 5.57. The summed E-state index contributed by atoms with van der Waals surface area (Å²) in [5.74, 6) is -0.709. The first-order chi connectivity index (χ1) is 9.36. The van der Waals surface area contributed by atoms with Gasteiger partial charge in [0.15, 0.2) is 5.58 Å². The highest BCUT2D eigenvalue weighted by Gasteiger charge is 2.25. The summed E-state index contributed by atoms with van der Waals surface area (Å²) in [6.45, 7) is 0.555. The molecule has 0 aliphatic rings. The maximum absolute atomic E-state index is 12.2. The molecule has 1 aromatic heterocycles. The number of oxazole rings is 1. The van der Waals surface area contributed by atoms with E-state index in [1.165, 1.54) is 6.07 Å². The third kappa shape index (κ3) is 3.79. The molecule has 0 fully saturated rings. The molecule has 1 heterocycles. The molecule has 0 bridgehead atoms. The molecule has 7 nitrogen and oxygen atoms in total. The number of rotatable bonds is 5. The molecule has 21 heavy (non-hydrogen) atoms.